The summed E-state index contributed by atoms with van der Waals surface area (Å²) in [5, 5.41) is 4.38. The molecule has 0 amide bonds. The highest BCUT2D eigenvalue weighted by molar-refractivity contribution is 7.89. The molecule has 0 bridgehead atoms. The normalized spacial score (nSPS) is 11.8. The molecule has 0 aliphatic carbocycles. The van der Waals surface area contributed by atoms with Crippen molar-refractivity contribution in [2.45, 2.75) is 18.7 Å². The van der Waals surface area contributed by atoms with E-state index in [0.717, 1.165) is 16.7 Å². The molecule has 0 fully saturated rings. The Hall–Kier alpha value is -1.85. The maximum atomic E-state index is 12.1. The van der Waals surface area contributed by atoms with Crippen molar-refractivity contribution in [1.82, 2.24) is 4.83 Å². The van der Waals surface area contributed by atoms with Crippen LogP contribution in [-0.2, 0) is 10.0 Å². The molecule has 2 rings (SSSR count). The van der Waals surface area contributed by atoms with E-state index in [4.69, 9.17) is 11.6 Å². The van der Waals surface area contributed by atoms with E-state index in [1.54, 1.807) is 42.5 Å². The molecule has 0 aliphatic heterocycles. The van der Waals surface area contributed by atoms with Gasteiger partial charge in [-0.3, -0.25) is 0 Å². The van der Waals surface area contributed by atoms with Gasteiger partial charge in [0.1, 0.15) is 0 Å². The van der Waals surface area contributed by atoms with E-state index in [0.29, 0.717) is 5.02 Å². The standard InChI is InChI=1S/C15H15ClN2O2S/c1-11-3-8-15(9-12(11)2)21(19,20)18-17-10-13-4-6-14(16)7-5-13/h3-10,18H,1-2H3/b17-10+. The van der Waals surface area contributed by atoms with Crippen LogP contribution in [0.1, 0.15) is 16.7 Å². The fraction of sp³-hybridized carbons (Fsp3) is 0.133. The summed E-state index contributed by atoms with van der Waals surface area (Å²) in [6.45, 7) is 3.79. The SMILES string of the molecule is Cc1ccc(S(=O)(=O)N/N=C/c2ccc(Cl)cc2)cc1C. The summed E-state index contributed by atoms with van der Waals surface area (Å²) in [7, 11) is -3.65. The first-order valence-electron chi connectivity index (χ1n) is 6.26. The fourth-order valence-electron chi connectivity index (χ4n) is 1.65. The summed E-state index contributed by atoms with van der Waals surface area (Å²) in [4.78, 5) is 2.39. The maximum Gasteiger partial charge on any atom is 0.276 e. The van der Waals surface area contributed by atoms with Gasteiger partial charge in [-0.15, -0.1) is 0 Å². The number of benzene rings is 2. The van der Waals surface area contributed by atoms with Gasteiger partial charge in [0, 0.05) is 5.02 Å². The van der Waals surface area contributed by atoms with Crippen molar-refractivity contribution in [2.24, 2.45) is 5.10 Å². The molecule has 0 saturated heterocycles. The van der Waals surface area contributed by atoms with Crippen molar-refractivity contribution < 1.29 is 8.42 Å². The van der Waals surface area contributed by atoms with Gasteiger partial charge in [-0.2, -0.15) is 13.5 Å². The molecule has 1 N–H and O–H groups in total. The van der Waals surface area contributed by atoms with Crippen LogP contribution in [0, 0.1) is 13.8 Å². The van der Waals surface area contributed by atoms with E-state index in [1.807, 2.05) is 13.8 Å². The Morgan fingerprint density at radius 3 is 2.33 bits per heavy atom. The van der Waals surface area contributed by atoms with Gasteiger partial charge in [0.2, 0.25) is 0 Å². The molecule has 0 unspecified atom stereocenters. The summed E-state index contributed by atoms with van der Waals surface area (Å²) in [6, 6.07) is 11.9. The summed E-state index contributed by atoms with van der Waals surface area (Å²) < 4.78 is 24.2. The molecule has 0 aliphatic rings. The Balaban J connectivity index is 2.14. The lowest BCUT2D eigenvalue weighted by Crippen LogP contribution is -2.18. The molecular weight excluding hydrogens is 308 g/mol. The zero-order chi connectivity index (χ0) is 15.5. The van der Waals surface area contributed by atoms with Gasteiger partial charge >= 0.3 is 0 Å². The minimum Gasteiger partial charge on any atom is -0.200 e. The quantitative estimate of drug-likeness (QED) is 0.693. The van der Waals surface area contributed by atoms with Gasteiger partial charge in [-0.1, -0.05) is 29.8 Å². The number of aryl methyl sites for hydroxylation is 2. The van der Waals surface area contributed by atoms with Crippen LogP contribution in [0.25, 0.3) is 0 Å². The van der Waals surface area contributed by atoms with Crippen LogP contribution in [0.2, 0.25) is 5.02 Å². The number of rotatable bonds is 4. The van der Waals surface area contributed by atoms with Crippen LogP contribution in [0.15, 0.2) is 52.5 Å². The second-order valence-electron chi connectivity index (χ2n) is 4.65. The minimum absolute atomic E-state index is 0.193. The molecule has 0 heterocycles. The first-order chi connectivity index (χ1) is 9.88. The molecule has 2 aromatic carbocycles. The number of sulfonamides is 1. The number of halogens is 1. The van der Waals surface area contributed by atoms with Crippen LogP contribution in [0.3, 0.4) is 0 Å². The lowest BCUT2D eigenvalue weighted by atomic mass is 10.1. The van der Waals surface area contributed by atoms with Crippen molar-refractivity contribution in [3.05, 3.63) is 64.2 Å². The Morgan fingerprint density at radius 2 is 1.71 bits per heavy atom. The highest BCUT2D eigenvalue weighted by Crippen LogP contribution is 2.14. The summed E-state index contributed by atoms with van der Waals surface area (Å²) in [5.74, 6) is 0. The highest BCUT2D eigenvalue weighted by atomic mass is 35.5. The molecule has 2 aromatic rings. The number of nitrogens with one attached hydrogen (secondary N) is 1. The third-order valence-electron chi connectivity index (χ3n) is 3.05. The first kappa shape index (κ1) is 15.5. The lowest BCUT2D eigenvalue weighted by molar-refractivity contribution is 0.584. The fourth-order valence-corrected chi connectivity index (χ4v) is 2.65. The molecule has 0 aromatic heterocycles. The predicted octanol–water partition coefficient (Wildman–Crippen LogP) is 3.27. The van der Waals surface area contributed by atoms with Crippen molar-refractivity contribution in [3.63, 3.8) is 0 Å². The van der Waals surface area contributed by atoms with Crippen LogP contribution >= 0.6 is 11.6 Å². The number of hydrogen-bond acceptors (Lipinski definition) is 3. The van der Waals surface area contributed by atoms with Crippen LogP contribution in [-0.4, -0.2) is 14.6 Å². The van der Waals surface area contributed by atoms with Crippen LogP contribution in [0.4, 0.5) is 0 Å². The first-order valence-corrected chi connectivity index (χ1v) is 8.12. The zero-order valence-electron chi connectivity index (χ0n) is 11.7. The topological polar surface area (TPSA) is 58.5 Å². The molecule has 110 valence electrons. The molecular formula is C15H15ClN2O2S. The minimum atomic E-state index is -3.65. The highest BCUT2D eigenvalue weighted by Gasteiger charge is 2.13. The van der Waals surface area contributed by atoms with Gasteiger partial charge in [-0.25, -0.2) is 4.83 Å². The monoisotopic (exact) mass is 322 g/mol. The van der Waals surface area contributed by atoms with Gasteiger partial charge < -0.3 is 0 Å². The van der Waals surface area contributed by atoms with Crippen molar-refractivity contribution in [3.8, 4) is 0 Å². The van der Waals surface area contributed by atoms with Crippen molar-refractivity contribution in [2.75, 3.05) is 0 Å². The molecule has 6 heteroatoms. The zero-order valence-corrected chi connectivity index (χ0v) is 13.2. The largest absolute Gasteiger partial charge is 0.276 e. The molecule has 0 saturated carbocycles. The van der Waals surface area contributed by atoms with E-state index in [2.05, 4.69) is 9.93 Å². The van der Waals surface area contributed by atoms with Gasteiger partial charge in [0.05, 0.1) is 11.1 Å². The molecule has 0 spiro atoms. The van der Waals surface area contributed by atoms with Crippen LogP contribution < -0.4 is 4.83 Å². The van der Waals surface area contributed by atoms with Crippen LogP contribution in [0.5, 0.6) is 0 Å². The number of hydrazone groups is 1. The Labute approximate surface area is 129 Å². The third kappa shape index (κ3) is 4.06. The lowest BCUT2D eigenvalue weighted by Gasteiger charge is -2.06. The van der Waals surface area contributed by atoms with E-state index < -0.39 is 10.0 Å². The second-order valence-corrected chi connectivity index (χ2v) is 6.75. The Morgan fingerprint density at radius 1 is 1.05 bits per heavy atom. The molecule has 0 atom stereocenters. The van der Waals surface area contributed by atoms with E-state index in [9.17, 15) is 8.42 Å². The Bertz CT molecular complexity index is 769. The number of hydrogen-bond donors (Lipinski definition) is 1. The van der Waals surface area contributed by atoms with E-state index in [1.165, 1.54) is 6.21 Å². The smallest absolute Gasteiger partial charge is 0.200 e. The predicted molar refractivity (Wildman–Crippen MR) is 85.3 cm³/mol. The average molecular weight is 323 g/mol. The van der Waals surface area contributed by atoms with Gasteiger partial charge in [-0.05, 0) is 54.8 Å². The van der Waals surface area contributed by atoms with Gasteiger partial charge in [0.15, 0.2) is 0 Å². The second kappa shape index (κ2) is 6.28. The average Bonchev–Trinajstić information content (AvgIpc) is 2.44. The summed E-state index contributed by atoms with van der Waals surface area (Å²) >= 11 is 5.77. The summed E-state index contributed by atoms with van der Waals surface area (Å²) in [6.07, 6.45) is 1.43. The molecule has 0 radical (unpaired) electrons. The molecule has 21 heavy (non-hydrogen) atoms. The van der Waals surface area contributed by atoms with E-state index >= 15 is 0 Å². The van der Waals surface area contributed by atoms with E-state index in [-0.39, 0.29) is 4.90 Å². The van der Waals surface area contributed by atoms with Gasteiger partial charge in [0.25, 0.3) is 10.0 Å². The maximum absolute atomic E-state index is 12.1. The third-order valence-corrected chi connectivity index (χ3v) is 4.52. The van der Waals surface area contributed by atoms with Crippen molar-refractivity contribution in [1.29, 1.82) is 0 Å². The van der Waals surface area contributed by atoms with Crippen molar-refractivity contribution >= 4 is 27.8 Å². The molecule has 4 nitrogen and oxygen atoms in total. The summed E-state index contributed by atoms with van der Waals surface area (Å²) in [5.41, 5.74) is 2.71. The Kier molecular flexibility index (Phi) is 4.65. The number of nitrogens with zero attached hydrogens (tertiary/aromatic N) is 1.